The molecule has 2 N–H and O–H groups in total. The van der Waals surface area contributed by atoms with E-state index in [4.69, 9.17) is 10.00 Å². The number of hydrogen-bond donors (Lipinski definition) is 2. The normalized spacial score (nSPS) is 8.95. The van der Waals surface area contributed by atoms with E-state index in [1.165, 1.54) is 23.3 Å². The van der Waals surface area contributed by atoms with Gasteiger partial charge in [-0.1, -0.05) is 13.2 Å². The number of hydrogen-bond acceptors (Lipinski definition) is 6. The Balaban J connectivity index is -0.0000000917. The number of carboxylic acids is 1. The molecule has 0 saturated heterocycles. The summed E-state index contributed by atoms with van der Waals surface area (Å²) in [6.45, 7) is 9.06. The van der Waals surface area contributed by atoms with Crippen LogP contribution in [0.3, 0.4) is 0 Å². The molecule has 118 valence electrons. The average molecular weight is 373 g/mol. The largest absolute Gasteiger partial charge is 1.00 e. The van der Waals surface area contributed by atoms with Gasteiger partial charge in [-0.25, -0.2) is 22.7 Å². The molecule has 8 nitrogen and oxygen atoms in total. The molecule has 0 spiro atoms. The van der Waals surface area contributed by atoms with E-state index < -0.39 is 33.3 Å². The van der Waals surface area contributed by atoms with Gasteiger partial charge in [-0.3, -0.25) is 4.79 Å². The second kappa shape index (κ2) is 18.1. The Morgan fingerprint density at radius 1 is 1.23 bits per heavy atom. The summed E-state index contributed by atoms with van der Waals surface area (Å²) >= 11 is 0. The molecule has 0 rings (SSSR count). The van der Waals surface area contributed by atoms with Gasteiger partial charge in [0.25, 0.3) is 0 Å². The molecule has 22 heavy (non-hydrogen) atoms. The molecule has 0 aromatic carbocycles. The summed E-state index contributed by atoms with van der Waals surface area (Å²) in [5.74, 6) is -2.13. The van der Waals surface area contributed by atoms with Crippen LogP contribution < -0.4 is 69.3 Å². The minimum atomic E-state index is -4.33. The maximum Gasteiger partial charge on any atom is 1.00 e. The number of nitrogens with one attached hydrogen (secondary N) is 1. The van der Waals surface area contributed by atoms with E-state index in [1.807, 2.05) is 0 Å². The Labute approximate surface area is 177 Å². The first-order valence-electron chi connectivity index (χ1n) is 4.90. The van der Waals surface area contributed by atoms with Crippen molar-refractivity contribution in [2.24, 2.45) is 0 Å². The van der Waals surface area contributed by atoms with Crippen molar-refractivity contribution in [3.05, 3.63) is 25.3 Å². The molecule has 12 heteroatoms. The van der Waals surface area contributed by atoms with Crippen molar-refractivity contribution in [2.45, 2.75) is 19.4 Å². The summed E-state index contributed by atoms with van der Waals surface area (Å²) in [5.41, 5.74) is -1.06. The van der Waals surface area contributed by atoms with Crippen molar-refractivity contribution in [3.8, 4) is 0 Å². The summed E-state index contributed by atoms with van der Waals surface area (Å²) in [6.07, 6.45) is 1.85. The summed E-state index contributed by atoms with van der Waals surface area (Å²) in [7, 11) is -3.17. The van der Waals surface area contributed by atoms with Crippen LogP contribution >= 0.6 is 9.47 Å². The van der Waals surface area contributed by atoms with Crippen LogP contribution in [0.1, 0.15) is 13.8 Å². The van der Waals surface area contributed by atoms with E-state index in [-0.39, 0.29) is 59.1 Å². The van der Waals surface area contributed by atoms with Crippen molar-refractivity contribution in [1.29, 1.82) is 0 Å². The van der Waals surface area contributed by atoms with Gasteiger partial charge in [0.05, 0.1) is 15.9 Å². The molecule has 0 aliphatic carbocycles. The van der Waals surface area contributed by atoms with Crippen LogP contribution in [-0.4, -0.2) is 41.2 Å². The number of aliphatic carboxylic acids is 1. The predicted molar refractivity (Wildman–Crippen MR) is 74.5 cm³/mol. The Bertz CT molecular complexity index is 441. The van der Waals surface area contributed by atoms with Crippen LogP contribution in [0.2, 0.25) is 0 Å². The predicted octanol–water partition coefficient (Wildman–Crippen LogP) is -6.99. The third-order valence-corrected chi connectivity index (χ3v) is 2.43. The van der Waals surface area contributed by atoms with E-state index in [2.05, 4.69) is 18.5 Å². The minimum absolute atomic E-state index is 0. The van der Waals surface area contributed by atoms with Gasteiger partial charge in [-0.05, 0) is 19.9 Å². The number of amides is 1. The maximum atomic E-state index is 10.8. The van der Waals surface area contributed by atoms with Crippen molar-refractivity contribution < 1.29 is 91.7 Å². The number of carboxylic acid groups (broad SMARTS) is 1. The van der Waals surface area contributed by atoms with Gasteiger partial charge < -0.3 is 19.9 Å². The van der Waals surface area contributed by atoms with E-state index in [0.29, 0.717) is 0 Å². The molecule has 1 amide bonds. The Morgan fingerprint density at radius 2 is 1.55 bits per heavy atom. The fraction of sp³-hybridized carbons (Fsp3) is 0.400. The fourth-order valence-corrected chi connectivity index (χ4v) is 1.82. The van der Waals surface area contributed by atoms with Gasteiger partial charge in [-0.15, -0.1) is 0 Å². The van der Waals surface area contributed by atoms with E-state index in [9.17, 15) is 22.6 Å². The summed E-state index contributed by atoms with van der Waals surface area (Å²) < 4.78 is 31.2. The van der Waals surface area contributed by atoms with Crippen LogP contribution in [0.5, 0.6) is 0 Å². The molecule has 0 saturated carbocycles. The van der Waals surface area contributed by atoms with Crippen molar-refractivity contribution in [1.82, 2.24) is 5.32 Å². The minimum Gasteiger partial charge on any atom is -0.834 e. The monoisotopic (exact) mass is 373 g/mol. The SMILES string of the molecule is C=CC(=O)NC(C)(C)CS(=O)(=O)[O-].C=CC(=O)O.[Na+].[Na+].[O-]P. The topological polar surface area (TPSA) is 147 Å². The first kappa shape index (κ1) is 34.1. The number of carbonyl (C=O) groups excluding carboxylic acids is 1. The van der Waals surface area contributed by atoms with Crippen LogP contribution in [0, 0.1) is 0 Å². The van der Waals surface area contributed by atoms with Crippen LogP contribution in [0.25, 0.3) is 0 Å². The van der Waals surface area contributed by atoms with E-state index in [1.54, 1.807) is 0 Å². The maximum absolute atomic E-state index is 10.8. The molecule has 1 unspecified atom stereocenters. The van der Waals surface area contributed by atoms with Crippen molar-refractivity contribution in [3.63, 3.8) is 0 Å². The zero-order chi connectivity index (χ0) is 17.0. The molecule has 0 aromatic rings. The van der Waals surface area contributed by atoms with Gasteiger partial charge in [0, 0.05) is 11.6 Å². The van der Waals surface area contributed by atoms with Crippen molar-refractivity contribution in [2.75, 3.05) is 5.75 Å². The Kier molecular flexibility index (Phi) is 28.0. The first-order valence-corrected chi connectivity index (χ1v) is 6.95. The Hall–Kier alpha value is 0.720. The van der Waals surface area contributed by atoms with Gasteiger partial charge in [0.15, 0.2) is 0 Å². The molecule has 0 bridgehead atoms. The van der Waals surface area contributed by atoms with Gasteiger partial charge >= 0.3 is 65.1 Å². The zero-order valence-corrected chi connectivity index (χ0v) is 19.1. The smallest absolute Gasteiger partial charge is 0.834 e. The van der Waals surface area contributed by atoms with Gasteiger partial charge in [0.2, 0.25) is 5.91 Å². The van der Waals surface area contributed by atoms with E-state index in [0.717, 1.165) is 12.2 Å². The molecule has 0 radical (unpaired) electrons. The van der Waals surface area contributed by atoms with E-state index >= 15 is 0 Å². The first-order chi connectivity index (χ1) is 8.93. The van der Waals surface area contributed by atoms with Crippen LogP contribution in [0.4, 0.5) is 0 Å². The van der Waals surface area contributed by atoms with Gasteiger partial charge in [-0.2, -0.15) is 0 Å². The molecule has 0 aliphatic rings. The summed E-state index contributed by atoms with van der Waals surface area (Å²) in [5, 5.41) is 9.93. The summed E-state index contributed by atoms with van der Waals surface area (Å²) in [6, 6.07) is 0. The fourth-order valence-electron chi connectivity index (χ4n) is 0.863. The van der Waals surface area contributed by atoms with Gasteiger partial charge in [0.1, 0.15) is 0 Å². The zero-order valence-electron chi connectivity index (χ0n) is 13.2. The quantitative estimate of drug-likeness (QED) is 0.211. The number of rotatable bonds is 5. The standard InChI is InChI=1S/C7H13NO4S.C3H4O2.2Na.H2OP/c1-4-6(9)8-7(2,3)5-13(10,11)12;1-2-3(4)5;;;1-2/h4H,1,5H2,2-3H3,(H,8,9)(H,10,11,12);2H,1H2,(H,4,5);;;2H2/q;;2*+1;-1/p-1. The van der Waals surface area contributed by atoms with Crippen LogP contribution in [0.15, 0.2) is 25.3 Å². The molecule has 0 fully saturated rings. The molecular formula is C10H18NNa2O7PS. The van der Waals surface area contributed by atoms with Crippen molar-refractivity contribution >= 4 is 31.5 Å². The van der Waals surface area contributed by atoms with Crippen LogP contribution in [-0.2, 0) is 19.7 Å². The second-order valence-corrected chi connectivity index (χ2v) is 5.23. The molecular weight excluding hydrogens is 355 g/mol. The molecule has 0 aliphatic heterocycles. The molecule has 1 atom stereocenters. The third-order valence-electron chi connectivity index (χ3n) is 1.36. The summed E-state index contributed by atoms with van der Waals surface area (Å²) in [4.78, 5) is 28.2. The molecule has 0 aromatic heterocycles. The average Bonchev–Trinajstić information content (AvgIpc) is 2.28. The Morgan fingerprint density at radius 3 is 1.73 bits per heavy atom. The third kappa shape index (κ3) is 32.6. The number of carbonyl (C=O) groups is 2. The molecule has 0 heterocycles. The second-order valence-electron chi connectivity index (χ2n) is 3.82.